The Hall–Kier alpha value is -2.29. The highest BCUT2D eigenvalue weighted by molar-refractivity contribution is 7.90. The van der Waals surface area contributed by atoms with Crippen molar-refractivity contribution in [2.45, 2.75) is 49.5 Å². The van der Waals surface area contributed by atoms with E-state index in [1.165, 1.54) is 30.7 Å². The van der Waals surface area contributed by atoms with Crippen LogP contribution in [0.4, 0.5) is 4.39 Å². The Balaban J connectivity index is 1.52. The van der Waals surface area contributed by atoms with Crippen LogP contribution in [0.1, 0.15) is 43.6 Å². The molecule has 9 heteroatoms. The second-order valence-corrected chi connectivity index (χ2v) is 8.59. The highest BCUT2D eigenvalue weighted by Crippen LogP contribution is 2.23. The molecule has 1 aromatic carbocycles. The Morgan fingerprint density at radius 1 is 1.15 bits per heavy atom. The van der Waals surface area contributed by atoms with Crippen LogP contribution < -0.4 is 5.32 Å². The van der Waals surface area contributed by atoms with Gasteiger partial charge in [-0.2, -0.15) is 0 Å². The minimum Gasteiger partial charge on any atom is -0.412 e. The van der Waals surface area contributed by atoms with Crippen molar-refractivity contribution in [2.24, 2.45) is 5.92 Å². The number of benzene rings is 1. The third-order valence-electron chi connectivity index (χ3n) is 4.60. The maximum absolute atomic E-state index is 12.9. The summed E-state index contributed by atoms with van der Waals surface area (Å²) in [5.74, 6) is -0.553. The Kier molecular flexibility index (Phi) is 6.20. The number of sulfone groups is 1. The van der Waals surface area contributed by atoms with E-state index in [0.29, 0.717) is 12.1 Å². The van der Waals surface area contributed by atoms with Gasteiger partial charge in [0.1, 0.15) is 5.82 Å². The van der Waals surface area contributed by atoms with Crippen molar-refractivity contribution in [3.63, 3.8) is 0 Å². The predicted molar refractivity (Wildman–Crippen MR) is 94.9 cm³/mol. The fourth-order valence-corrected chi connectivity index (χ4v) is 4.27. The van der Waals surface area contributed by atoms with E-state index in [2.05, 4.69) is 15.5 Å². The fourth-order valence-electron chi connectivity index (χ4n) is 3.13. The lowest BCUT2D eigenvalue weighted by Gasteiger charge is -2.20. The van der Waals surface area contributed by atoms with Crippen LogP contribution in [-0.4, -0.2) is 31.1 Å². The average Bonchev–Trinajstić information content (AvgIpc) is 3.14. The van der Waals surface area contributed by atoms with Crippen molar-refractivity contribution >= 4 is 15.7 Å². The van der Waals surface area contributed by atoms with E-state index in [1.807, 2.05) is 0 Å². The molecule has 27 heavy (non-hydrogen) atoms. The first-order chi connectivity index (χ1) is 12.9. The number of nitrogens with zero attached hydrogens (tertiary/aromatic N) is 2. The molecule has 0 spiro atoms. The highest BCUT2D eigenvalue weighted by atomic mass is 32.2. The minimum atomic E-state index is -3.81. The van der Waals surface area contributed by atoms with Crippen molar-refractivity contribution in [1.29, 1.82) is 0 Å². The van der Waals surface area contributed by atoms with Gasteiger partial charge in [0.05, 0.1) is 5.75 Å². The quantitative estimate of drug-likeness (QED) is 0.772. The highest BCUT2D eigenvalue weighted by Gasteiger charge is 2.24. The van der Waals surface area contributed by atoms with Gasteiger partial charge in [-0.3, -0.25) is 4.79 Å². The molecule has 1 aliphatic rings. The summed E-state index contributed by atoms with van der Waals surface area (Å²) in [5.41, 5.74) is 0.427. The number of rotatable bonds is 7. The number of aromatic nitrogens is 2. The molecule has 1 N–H and O–H groups in total. The van der Waals surface area contributed by atoms with Crippen molar-refractivity contribution < 1.29 is 22.0 Å². The van der Waals surface area contributed by atoms with Gasteiger partial charge in [0.2, 0.25) is 21.6 Å². The summed E-state index contributed by atoms with van der Waals surface area (Å²) in [6.45, 7) is 0.314. The zero-order chi connectivity index (χ0) is 19.3. The first-order valence-electron chi connectivity index (χ1n) is 9.01. The van der Waals surface area contributed by atoms with Crippen LogP contribution in [-0.2, 0) is 26.8 Å². The van der Waals surface area contributed by atoms with E-state index in [0.717, 1.165) is 25.7 Å². The second kappa shape index (κ2) is 8.60. The van der Waals surface area contributed by atoms with Crippen LogP contribution in [0.15, 0.2) is 33.9 Å². The number of hydrogen-bond donors (Lipinski definition) is 1. The largest absolute Gasteiger partial charge is 0.412 e. The molecule has 0 unspecified atom stereocenters. The van der Waals surface area contributed by atoms with E-state index in [1.54, 1.807) is 0 Å². The first kappa shape index (κ1) is 19.5. The van der Waals surface area contributed by atoms with Gasteiger partial charge in [-0.15, -0.1) is 5.10 Å². The molecule has 1 fully saturated rings. The molecule has 2 aromatic rings. The lowest BCUT2D eigenvalue weighted by molar-refractivity contribution is -0.125. The number of halogens is 1. The number of carbonyl (C=O) groups excluding carboxylic acids is 1. The van der Waals surface area contributed by atoms with Crippen molar-refractivity contribution in [3.05, 3.63) is 41.5 Å². The summed E-state index contributed by atoms with van der Waals surface area (Å²) in [6.07, 6.45) is 5.43. The fraction of sp³-hybridized carbons (Fsp3) is 0.500. The topological polar surface area (TPSA) is 102 Å². The van der Waals surface area contributed by atoms with Crippen LogP contribution in [0.2, 0.25) is 0 Å². The van der Waals surface area contributed by atoms with Crippen LogP contribution in [0.5, 0.6) is 0 Å². The van der Waals surface area contributed by atoms with Crippen molar-refractivity contribution in [2.75, 3.05) is 6.54 Å². The van der Waals surface area contributed by atoms with Gasteiger partial charge in [-0.1, -0.05) is 36.5 Å². The molecular formula is C18H22FN3O4S. The zero-order valence-electron chi connectivity index (χ0n) is 14.9. The third kappa shape index (κ3) is 5.35. The van der Waals surface area contributed by atoms with Crippen LogP contribution >= 0.6 is 0 Å². The Bertz CT molecular complexity index is 874. The molecule has 0 saturated heterocycles. The average molecular weight is 395 g/mol. The van der Waals surface area contributed by atoms with Crippen molar-refractivity contribution in [3.8, 4) is 0 Å². The molecule has 1 amide bonds. The van der Waals surface area contributed by atoms with E-state index in [4.69, 9.17) is 4.42 Å². The Morgan fingerprint density at radius 3 is 2.56 bits per heavy atom. The second-order valence-electron chi connectivity index (χ2n) is 6.72. The summed E-state index contributed by atoms with van der Waals surface area (Å²) in [5, 5.41) is 9.71. The molecular weight excluding hydrogens is 373 g/mol. The van der Waals surface area contributed by atoms with Crippen molar-refractivity contribution in [1.82, 2.24) is 15.5 Å². The minimum absolute atomic E-state index is 0.0263. The summed E-state index contributed by atoms with van der Waals surface area (Å²) >= 11 is 0. The molecule has 0 aliphatic heterocycles. The van der Waals surface area contributed by atoms with Gasteiger partial charge in [-0.05, 0) is 30.5 Å². The lowest BCUT2D eigenvalue weighted by atomic mass is 9.89. The molecule has 1 heterocycles. The van der Waals surface area contributed by atoms with Gasteiger partial charge in [-0.25, -0.2) is 12.8 Å². The third-order valence-corrected chi connectivity index (χ3v) is 6.01. The summed E-state index contributed by atoms with van der Waals surface area (Å²) in [4.78, 5) is 12.1. The summed E-state index contributed by atoms with van der Waals surface area (Å²) in [6, 6.07) is 5.17. The maximum atomic E-state index is 12.9. The lowest BCUT2D eigenvalue weighted by Crippen LogP contribution is -2.33. The molecule has 7 nitrogen and oxygen atoms in total. The number of nitrogens with one attached hydrogen (secondary N) is 1. The van der Waals surface area contributed by atoms with E-state index >= 15 is 0 Å². The molecule has 0 atom stereocenters. The SMILES string of the molecule is O=C(NCCc1nnc(S(=O)(=O)Cc2ccc(F)cc2)o1)C1CCCCC1. The summed E-state index contributed by atoms with van der Waals surface area (Å²) in [7, 11) is -3.81. The predicted octanol–water partition coefficient (Wildman–Crippen LogP) is 2.42. The smallest absolute Gasteiger partial charge is 0.335 e. The normalized spacial score (nSPS) is 15.6. The van der Waals surface area contributed by atoms with Crippen LogP contribution in [0, 0.1) is 11.7 Å². The van der Waals surface area contributed by atoms with Gasteiger partial charge in [0.15, 0.2) is 0 Å². The molecule has 146 valence electrons. The number of hydrogen-bond acceptors (Lipinski definition) is 6. The van der Waals surface area contributed by atoms with Gasteiger partial charge >= 0.3 is 5.22 Å². The van der Waals surface area contributed by atoms with Gasteiger partial charge < -0.3 is 9.73 Å². The molecule has 0 bridgehead atoms. The number of carbonyl (C=O) groups is 1. The van der Waals surface area contributed by atoms with E-state index < -0.39 is 20.9 Å². The monoisotopic (exact) mass is 395 g/mol. The first-order valence-corrected chi connectivity index (χ1v) is 10.7. The van der Waals surface area contributed by atoms with Gasteiger partial charge in [0.25, 0.3) is 0 Å². The van der Waals surface area contributed by atoms with E-state index in [9.17, 15) is 17.6 Å². The Labute approximate surface area is 157 Å². The van der Waals surface area contributed by atoms with Crippen LogP contribution in [0.25, 0.3) is 0 Å². The van der Waals surface area contributed by atoms with Gasteiger partial charge in [0, 0.05) is 18.9 Å². The molecule has 1 aromatic heterocycles. The van der Waals surface area contributed by atoms with Crippen LogP contribution in [0.3, 0.4) is 0 Å². The van der Waals surface area contributed by atoms with E-state index in [-0.39, 0.29) is 29.9 Å². The summed E-state index contributed by atoms with van der Waals surface area (Å²) < 4.78 is 42.8. The zero-order valence-corrected chi connectivity index (χ0v) is 15.7. The Morgan fingerprint density at radius 2 is 1.85 bits per heavy atom. The molecule has 3 rings (SSSR count). The standard InChI is InChI=1S/C18H22FN3O4S/c19-15-8-6-13(7-9-15)12-27(24,25)18-22-21-16(26-18)10-11-20-17(23)14-4-2-1-3-5-14/h6-9,14H,1-5,10-12H2,(H,20,23). The molecule has 1 saturated carbocycles. The maximum Gasteiger partial charge on any atom is 0.335 e. The molecule has 1 aliphatic carbocycles. The molecule has 0 radical (unpaired) electrons. The number of amides is 1.